The molecule has 0 saturated heterocycles. The van der Waals surface area contributed by atoms with Crippen molar-refractivity contribution in [3.05, 3.63) is 59.4 Å². The molecule has 6 nitrogen and oxygen atoms in total. The molecule has 1 aromatic carbocycles. The molecule has 0 amide bonds. The van der Waals surface area contributed by atoms with Crippen LogP contribution in [0, 0.1) is 13.8 Å². The Balaban J connectivity index is 2.11. The SMILES string of the molecule is CCOC(=O)c1nc2cccc(C)n2c1N=Nc1ccc(C)cc1. The number of fused-ring (bicyclic) bond motifs is 1. The first-order chi connectivity index (χ1) is 11.6. The minimum atomic E-state index is -0.501. The van der Waals surface area contributed by atoms with Crippen LogP contribution in [0.4, 0.5) is 11.5 Å². The van der Waals surface area contributed by atoms with E-state index in [-0.39, 0.29) is 12.3 Å². The third-order valence-electron chi connectivity index (χ3n) is 3.58. The van der Waals surface area contributed by atoms with E-state index in [2.05, 4.69) is 15.2 Å². The smallest absolute Gasteiger partial charge is 0.360 e. The van der Waals surface area contributed by atoms with Crippen LogP contribution in [0.15, 0.2) is 52.7 Å². The van der Waals surface area contributed by atoms with Crippen molar-refractivity contribution < 1.29 is 9.53 Å². The maximum Gasteiger partial charge on any atom is 0.360 e. The number of benzene rings is 1. The number of azo groups is 1. The van der Waals surface area contributed by atoms with E-state index in [0.717, 1.165) is 11.3 Å². The van der Waals surface area contributed by atoms with Crippen molar-refractivity contribution in [3.63, 3.8) is 0 Å². The highest BCUT2D eigenvalue weighted by molar-refractivity contribution is 5.93. The molecule has 0 aliphatic carbocycles. The van der Waals surface area contributed by atoms with E-state index >= 15 is 0 Å². The van der Waals surface area contributed by atoms with E-state index in [9.17, 15) is 4.79 Å². The molecule has 122 valence electrons. The number of carbonyl (C=O) groups is 1. The Kier molecular flexibility index (Phi) is 4.37. The van der Waals surface area contributed by atoms with Crippen molar-refractivity contribution >= 4 is 23.1 Å². The second-order valence-electron chi connectivity index (χ2n) is 5.40. The minimum Gasteiger partial charge on any atom is -0.461 e. The van der Waals surface area contributed by atoms with Crippen LogP contribution in [0.3, 0.4) is 0 Å². The molecule has 0 aliphatic heterocycles. The van der Waals surface area contributed by atoms with Gasteiger partial charge < -0.3 is 4.74 Å². The lowest BCUT2D eigenvalue weighted by Gasteiger charge is -2.02. The third-order valence-corrected chi connectivity index (χ3v) is 3.58. The Morgan fingerprint density at radius 3 is 2.58 bits per heavy atom. The number of hydrogen-bond donors (Lipinski definition) is 0. The summed E-state index contributed by atoms with van der Waals surface area (Å²) in [7, 11) is 0. The molecule has 0 radical (unpaired) electrons. The number of aryl methyl sites for hydroxylation is 2. The average Bonchev–Trinajstić information content (AvgIpc) is 2.95. The second kappa shape index (κ2) is 6.62. The van der Waals surface area contributed by atoms with Gasteiger partial charge in [0.1, 0.15) is 5.65 Å². The number of nitrogens with zero attached hydrogens (tertiary/aromatic N) is 4. The lowest BCUT2D eigenvalue weighted by atomic mass is 10.2. The number of esters is 1. The first kappa shape index (κ1) is 15.9. The van der Waals surface area contributed by atoms with Gasteiger partial charge in [-0.3, -0.25) is 4.40 Å². The van der Waals surface area contributed by atoms with Gasteiger partial charge in [-0.15, -0.1) is 10.2 Å². The normalized spacial score (nSPS) is 11.3. The van der Waals surface area contributed by atoms with Gasteiger partial charge in [-0.2, -0.15) is 0 Å². The Hall–Kier alpha value is -3.02. The predicted molar refractivity (Wildman–Crippen MR) is 91.2 cm³/mol. The maximum atomic E-state index is 12.2. The van der Waals surface area contributed by atoms with Gasteiger partial charge in [-0.05, 0) is 45.0 Å². The number of imidazole rings is 1. The molecule has 2 heterocycles. The van der Waals surface area contributed by atoms with Crippen LogP contribution in [0.5, 0.6) is 0 Å². The minimum absolute atomic E-state index is 0.169. The molecule has 0 bridgehead atoms. The van der Waals surface area contributed by atoms with Gasteiger partial charge in [0, 0.05) is 5.69 Å². The van der Waals surface area contributed by atoms with Crippen LogP contribution in [0.25, 0.3) is 5.65 Å². The molecule has 0 fully saturated rings. The number of pyridine rings is 1. The summed E-state index contributed by atoms with van der Waals surface area (Å²) in [5, 5.41) is 8.52. The van der Waals surface area contributed by atoms with Crippen molar-refractivity contribution in [2.75, 3.05) is 6.61 Å². The summed E-state index contributed by atoms with van der Waals surface area (Å²) >= 11 is 0. The molecule has 0 saturated carbocycles. The number of ether oxygens (including phenoxy) is 1. The highest BCUT2D eigenvalue weighted by Crippen LogP contribution is 2.26. The molecule has 3 rings (SSSR count). The number of carbonyl (C=O) groups excluding carboxylic acids is 1. The Labute approximate surface area is 139 Å². The Morgan fingerprint density at radius 2 is 1.88 bits per heavy atom. The van der Waals surface area contributed by atoms with Crippen molar-refractivity contribution in [1.82, 2.24) is 9.38 Å². The van der Waals surface area contributed by atoms with Crippen LogP contribution in [-0.4, -0.2) is 22.0 Å². The summed E-state index contributed by atoms with van der Waals surface area (Å²) in [5.74, 6) is -0.124. The summed E-state index contributed by atoms with van der Waals surface area (Å²) in [6.45, 7) is 5.97. The molecular formula is C18H18N4O2. The molecule has 0 atom stereocenters. The van der Waals surface area contributed by atoms with Gasteiger partial charge >= 0.3 is 5.97 Å². The zero-order chi connectivity index (χ0) is 17.1. The molecule has 3 aromatic rings. The molecule has 0 aliphatic rings. The van der Waals surface area contributed by atoms with Crippen LogP contribution < -0.4 is 0 Å². The predicted octanol–water partition coefficient (Wildman–Crippen LogP) is 4.54. The summed E-state index contributed by atoms with van der Waals surface area (Å²) in [5.41, 5.74) is 3.57. The first-order valence-electron chi connectivity index (χ1n) is 7.73. The van der Waals surface area contributed by atoms with E-state index in [1.165, 1.54) is 0 Å². The number of hydrogen-bond acceptors (Lipinski definition) is 5. The van der Waals surface area contributed by atoms with Gasteiger partial charge in [-0.1, -0.05) is 23.8 Å². The van der Waals surface area contributed by atoms with Crippen molar-refractivity contribution in [2.24, 2.45) is 10.2 Å². The van der Waals surface area contributed by atoms with E-state index in [1.54, 1.807) is 11.3 Å². The summed E-state index contributed by atoms with van der Waals surface area (Å²) < 4.78 is 6.88. The molecule has 0 spiro atoms. The average molecular weight is 322 g/mol. The van der Waals surface area contributed by atoms with Gasteiger partial charge in [0.15, 0.2) is 11.5 Å². The zero-order valence-corrected chi connectivity index (χ0v) is 13.9. The number of aromatic nitrogens is 2. The van der Waals surface area contributed by atoms with Gasteiger partial charge in [-0.25, -0.2) is 9.78 Å². The van der Waals surface area contributed by atoms with Gasteiger partial charge in [0.05, 0.1) is 12.3 Å². The molecule has 2 aromatic heterocycles. The number of rotatable bonds is 4. The van der Waals surface area contributed by atoms with E-state index in [1.807, 2.05) is 56.3 Å². The highest BCUT2D eigenvalue weighted by Gasteiger charge is 2.21. The summed E-state index contributed by atoms with van der Waals surface area (Å²) in [6, 6.07) is 13.3. The maximum absolute atomic E-state index is 12.2. The van der Waals surface area contributed by atoms with Crippen LogP contribution >= 0.6 is 0 Å². The van der Waals surface area contributed by atoms with Gasteiger partial charge in [0.25, 0.3) is 0 Å². The summed E-state index contributed by atoms with van der Waals surface area (Å²) in [4.78, 5) is 16.6. The molecule has 24 heavy (non-hydrogen) atoms. The Morgan fingerprint density at radius 1 is 1.12 bits per heavy atom. The van der Waals surface area contributed by atoms with Crippen LogP contribution in [0.1, 0.15) is 28.7 Å². The van der Waals surface area contributed by atoms with E-state index in [0.29, 0.717) is 17.2 Å². The highest BCUT2D eigenvalue weighted by atomic mass is 16.5. The van der Waals surface area contributed by atoms with E-state index < -0.39 is 5.97 Å². The van der Waals surface area contributed by atoms with E-state index in [4.69, 9.17) is 4.74 Å². The van der Waals surface area contributed by atoms with Gasteiger partial charge in [0.2, 0.25) is 0 Å². The van der Waals surface area contributed by atoms with Crippen molar-refractivity contribution in [2.45, 2.75) is 20.8 Å². The quantitative estimate of drug-likeness (QED) is 0.523. The summed E-state index contributed by atoms with van der Waals surface area (Å²) in [6.07, 6.45) is 0. The lowest BCUT2D eigenvalue weighted by molar-refractivity contribution is 0.0521. The fraction of sp³-hybridized carbons (Fsp3) is 0.222. The lowest BCUT2D eigenvalue weighted by Crippen LogP contribution is -2.05. The fourth-order valence-electron chi connectivity index (χ4n) is 2.38. The standard InChI is InChI=1S/C18H18N4O2/c1-4-24-18(23)16-17(21-20-14-10-8-12(2)9-11-14)22-13(3)6-5-7-15(22)19-16/h5-11H,4H2,1-3H3. The zero-order valence-electron chi connectivity index (χ0n) is 13.9. The van der Waals surface area contributed by atoms with Crippen molar-refractivity contribution in [1.29, 1.82) is 0 Å². The largest absolute Gasteiger partial charge is 0.461 e. The Bertz CT molecular complexity index is 911. The fourth-order valence-corrected chi connectivity index (χ4v) is 2.38. The molecule has 6 heteroatoms. The first-order valence-corrected chi connectivity index (χ1v) is 7.73. The topological polar surface area (TPSA) is 68.3 Å². The monoisotopic (exact) mass is 322 g/mol. The van der Waals surface area contributed by atoms with Crippen molar-refractivity contribution in [3.8, 4) is 0 Å². The molecule has 0 N–H and O–H groups in total. The third kappa shape index (κ3) is 3.03. The molecular weight excluding hydrogens is 304 g/mol. The van der Waals surface area contributed by atoms with Crippen LogP contribution in [-0.2, 0) is 4.74 Å². The molecule has 0 unspecified atom stereocenters. The van der Waals surface area contributed by atoms with Crippen LogP contribution in [0.2, 0.25) is 0 Å². The second-order valence-corrected chi connectivity index (χ2v) is 5.40.